The zero-order chi connectivity index (χ0) is 16.7. The van der Waals surface area contributed by atoms with Gasteiger partial charge < -0.3 is 9.31 Å². The molecule has 122 valence electrons. The largest absolute Gasteiger partial charge is 0.524 e. The summed E-state index contributed by atoms with van der Waals surface area (Å²) in [6.07, 6.45) is 5.13. The van der Waals surface area contributed by atoms with Gasteiger partial charge in [0.05, 0.1) is 23.9 Å². The van der Waals surface area contributed by atoms with Crippen LogP contribution in [0.3, 0.4) is 0 Å². The van der Waals surface area contributed by atoms with Gasteiger partial charge in [-0.2, -0.15) is 16.4 Å². The Hall–Kier alpha value is -1.44. The van der Waals surface area contributed by atoms with Crippen LogP contribution in [0.15, 0.2) is 41.0 Å². The topological polar surface area (TPSA) is 36.3 Å². The zero-order valence-corrected chi connectivity index (χ0v) is 14.6. The Morgan fingerprint density at radius 1 is 1.30 bits per heavy atom. The normalized spacial score (nSPS) is 20.2. The third-order valence-electron chi connectivity index (χ3n) is 4.44. The van der Waals surface area contributed by atoms with Crippen LogP contribution in [0, 0.1) is 0 Å². The molecule has 3 rings (SSSR count). The van der Waals surface area contributed by atoms with Crippen LogP contribution in [0.4, 0.5) is 4.39 Å². The summed E-state index contributed by atoms with van der Waals surface area (Å²) < 4.78 is 27.4. The molecule has 0 unspecified atom stereocenters. The van der Waals surface area contributed by atoms with E-state index in [9.17, 15) is 4.39 Å². The van der Waals surface area contributed by atoms with Crippen LogP contribution in [-0.2, 0) is 15.9 Å². The monoisotopic (exact) mass is 334 g/mol. The number of rotatable bonds is 4. The second-order valence-corrected chi connectivity index (χ2v) is 7.42. The first-order valence-electron chi connectivity index (χ1n) is 7.55. The number of aromatic nitrogens is 2. The van der Waals surface area contributed by atoms with Crippen LogP contribution in [0.1, 0.15) is 27.7 Å². The molecule has 0 aliphatic carbocycles. The van der Waals surface area contributed by atoms with Crippen LogP contribution in [-0.4, -0.2) is 28.1 Å². The first-order valence-corrected chi connectivity index (χ1v) is 8.49. The van der Waals surface area contributed by atoms with Gasteiger partial charge in [0, 0.05) is 11.8 Å². The molecule has 2 aromatic heterocycles. The first-order chi connectivity index (χ1) is 10.8. The molecule has 23 heavy (non-hydrogen) atoms. The van der Waals surface area contributed by atoms with Crippen molar-refractivity contribution in [3.05, 3.63) is 41.0 Å². The summed E-state index contributed by atoms with van der Waals surface area (Å²) in [6.45, 7) is 7.95. The zero-order valence-electron chi connectivity index (χ0n) is 13.7. The maximum atomic E-state index is 14.3. The van der Waals surface area contributed by atoms with Crippen LogP contribution in [0.5, 0.6) is 0 Å². The molecule has 0 radical (unpaired) electrons. The highest BCUT2D eigenvalue weighted by atomic mass is 32.1. The molecule has 0 bridgehead atoms. The Kier molecular flexibility index (Phi) is 4.20. The number of allylic oxidation sites excluding steroid dienone is 1. The van der Waals surface area contributed by atoms with Crippen molar-refractivity contribution in [2.75, 3.05) is 0 Å². The number of hydrogen-bond donors (Lipinski definition) is 0. The molecule has 0 amide bonds. The maximum absolute atomic E-state index is 14.3. The Balaban J connectivity index is 1.67. The lowest BCUT2D eigenvalue weighted by atomic mass is 9.88. The van der Waals surface area contributed by atoms with Gasteiger partial charge in [0.15, 0.2) is 0 Å². The fraction of sp³-hybridized carbons (Fsp3) is 0.438. The minimum atomic E-state index is -0.952. The van der Waals surface area contributed by atoms with E-state index in [0.717, 1.165) is 11.1 Å². The molecule has 0 spiro atoms. The van der Waals surface area contributed by atoms with Crippen LogP contribution < -0.4 is 0 Å². The molecule has 4 nitrogen and oxygen atoms in total. The summed E-state index contributed by atoms with van der Waals surface area (Å²) in [5.41, 5.74) is 0.644. The van der Waals surface area contributed by atoms with Crippen LogP contribution >= 0.6 is 11.3 Å². The van der Waals surface area contributed by atoms with Crippen molar-refractivity contribution in [3.63, 3.8) is 0 Å². The SMILES string of the molecule is CC1(C)OB(C(F)=CCn2cc(-c3ccsc3)cn2)OC1(C)C. The lowest BCUT2D eigenvalue weighted by Crippen LogP contribution is -2.41. The third-order valence-corrected chi connectivity index (χ3v) is 5.12. The molecule has 0 N–H and O–H groups in total. The molecule has 1 aliphatic heterocycles. The van der Waals surface area contributed by atoms with Crippen molar-refractivity contribution in [3.8, 4) is 11.1 Å². The average Bonchev–Trinajstić information content (AvgIpc) is 3.16. The Morgan fingerprint density at radius 2 is 2.00 bits per heavy atom. The molecule has 2 aromatic rings. The van der Waals surface area contributed by atoms with Crippen LogP contribution in [0.2, 0.25) is 0 Å². The summed E-state index contributed by atoms with van der Waals surface area (Å²) in [6, 6.07) is 2.03. The van der Waals surface area contributed by atoms with Crippen molar-refractivity contribution in [2.24, 2.45) is 0 Å². The van der Waals surface area contributed by atoms with E-state index in [1.807, 2.05) is 45.3 Å². The predicted octanol–water partition coefficient (Wildman–Crippen LogP) is 4.10. The van der Waals surface area contributed by atoms with E-state index in [2.05, 4.69) is 10.5 Å². The van der Waals surface area contributed by atoms with Crippen molar-refractivity contribution in [2.45, 2.75) is 45.4 Å². The van der Waals surface area contributed by atoms with Crippen molar-refractivity contribution >= 4 is 18.5 Å². The molecule has 1 fully saturated rings. The van der Waals surface area contributed by atoms with Gasteiger partial charge in [0.2, 0.25) is 0 Å². The second kappa shape index (κ2) is 5.89. The van der Waals surface area contributed by atoms with Crippen molar-refractivity contribution in [1.29, 1.82) is 0 Å². The fourth-order valence-corrected chi connectivity index (χ4v) is 2.94. The maximum Gasteiger partial charge on any atom is 0.524 e. The Morgan fingerprint density at radius 3 is 2.61 bits per heavy atom. The minimum absolute atomic E-state index is 0.333. The lowest BCUT2D eigenvalue weighted by molar-refractivity contribution is 0.00578. The van der Waals surface area contributed by atoms with E-state index in [1.54, 1.807) is 22.2 Å². The molecule has 7 heteroatoms. The van der Waals surface area contributed by atoms with Gasteiger partial charge in [-0.15, -0.1) is 0 Å². The lowest BCUT2D eigenvalue weighted by Gasteiger charge is -2.32. The Bertz CT molecular complexity index is 693. The Labute approximate surface area is 140 Å². The van der Waals surface area contributed by atoms with E-state index in [4.69, 9.17) is 9.31 Å². The number of thiophene rings is 1. The molecular formula is C16H20BFN2O2S. The van der Waals surface area contributed by atoms with Crippen LogP contribution in [0.25, 0.3) is 11.1 Å². The van der Waals surface area contributed by atoms with E-state index < -0.39 is 24.0 Å². The van der Waals surface area contributed by atoms with E-state index in [-0.39, 0.29) is 0 Å². The summed E-state index contributed by atoms with van der Waals surface area (Å²) in [5.74, 6) is 0. The summed E-state index contributed by atoms with van der Waals surface area (Å²) >= 11 is 1.64. The smallest absolute Gasteiger partial charge is 0.398 e. The second-order valence-electron chi connectivity index (χ2n) is 6.64. The highest BCUT2D eigenvalue weighted by Crippen LogP contribution is 2.38. The quantitative estimate of drug-likeness (QED) is 0.790. The van der Waals surface area contributed by atoms with Gasteiger partial charge in [-0.1, -0.05) is 0 Å². The molecule has 0 saturated carbocycles. The van der Waals surface area contributed by atoms with Gasteiger partial charge in [-0.3, -0.25) is 4.68 Å². The average molecular weight is 334 g/mol. The number of nitrogens with zero attached hydrogens (tertiary/aromatic N) is 2. The summed E-state index contributed by atoms with van der Waals surface area (Å²) in [7, 11) is -0.952. The van der Waals surface area contributed by atoms with Gasteiger partial charge >= 0.3 is 7.12 Å². The van der Waals surface area contributed by atoms with Crippen molar-refractivity contribution in [1.82, 2.24) is 9.78 Å². The molecular weight excluding hydrogens is 314 g/mol. The van der Waals surface area contributed by atoms with Gasteiger partial charge in [-0.05, 0) is 56.2 Å². The number of halogens is 1. The molecule has 0 atom stereocenters. The van der Waals surface area contributed by atoms with E-state index >= 15 is 0 Å². The minimum Gasteiger partial charge on any atom is -0.398 e. The van der Waals surface area contributed by atoms with E-state index in [1.165, 1.54) is 6.08 Å². The van der Waals surface area contributed by atoms with Crippen molar-refractivity contribution < 1.29 is 13.7 Å². The third kappa shape index (κ3) is 3.27. The van der Waals surface area contributed by atoms with Gasteiger partial charge in [0.25, 0.3) is 0 Å². The molecule has 3 heterocycles. The van der Waals surface area contributed by atoms with E-state index in [0.29, 0.717) is 6.54 Å². The fourth-order valence-electron chi connectivity index (χ4n) is 2.27. The number of hydrogen-bond acceptors (Lipinski definition) is 4. The molecule has 1 aliphatic rings. The summed E-state index contributed by atoms with van der Waals surface area (Å²) in [5, 5.41) is 8.33. The predicted molar refractivity (Wildman–Crippen MR) is 90.8 cm³/mol. The standard InChI is InChI=1S/C16H20BFN2O2S/c1-15(2)16(3,4)22-17(21-15)14(18)5-7-20-10-13(9-19-20)12-6-8-23-11-12/h5-6,8-11H,7H2,1-4H3. The molecule has 0 aromatic carbocycles. The van der Waals surface area contributed by atoms with Gasteiger partial charge in [-0.25, -0.2) is 4.39 Å². The molecule has 1 saturated heterocycles. The first kappa shape index (κ1) is 16.4. The highest BCUT2D eigenvalue weighted by molar-refractivity contribution is 7.08. The van der Waals surface area contributed by atoms with Gasteiger partial charge in [0.1, 0.15) is 5.73 Å². The highest BCUT2D eigenvalue weighted by Gasteiger charge is 2.52. The summed E-state index contributed by atoms with van der Waals surface area (Å²) in [4.78, 5) is 0.